The molecule has 0 radical (unpaired) electrons. The van der Waals surface area contributed by atoms with Crippen LogP contribution in [0.5, 0.6) is 0 Å². The van der Waals surface area contributed by atoms with Crippen LogP contribution < -0.4 is 10.6 Å². The predicted octanol–water partition coefficient (Wildman–Crippen LogP) is 4.29. The number of carboxylic acids is 1. The number of fused-ring (bicyclic) bond motifs is 1. The van der Waals surface area contributed by atoms with Gasteiger partial charge in [0.25, 0.3) is 0 Å². The number of alkyl carbamates (subject to hydrolysis) is 1. The Morgan fingerprint density at radius 1 is 0.853 bits per heavy atom. The van der Waals surface area contributed by atoms with Crippen molar-refractivity contribution >= 4 is 28.7 Å². The zero-order chi connectivity index (χ0) is 24.5. The first-order valence-electron chi connectivity index (χ1n) is 11.3. The molecule has 3 aromatic carbocycles. The number of amides is 2. The van der Waals surface area contributed by atoms with Crippen LogP contribution in [0.3, 0.4) is 0 Å². The van der Waals surface area contributed by atoms with Crippen molar-refractivity contribution in [3.8, 4) is 0 Å². The van der Waals surface area contributed by atoms with Crippen molar-refractivity contribution < 1.29 is 24.2 Å². The first kappa shape index (κ1) is 24.8. The average molecular weight is 463 g/mol. The Bertz CT molecular complexity index is 1120. The molecule has 0 spiro atoms. The second-order valence-electron chi connectivity index (χ2n) is 8.63. The maximum atomic E-state index is 13.1. The Kier molecular flexibility index (Phi) is 8.62. The number of carbonyl (C=O) groups is 3. The Balaban J connectivity index is 1.79. The summed E-state index contributed by atoms with van der Waals surface area (Å²) >= 11 is 0. The molecule has 7 nitrogen and oxygen atoms in total. The summed E-state index contributed by atoms with van der Waals surface area (Å²) in [5, 5.41) is 16.7. The minimum atomic E-state index is -1.11. The van der Waals surface area contributed by atoms with Crippen LogP contribution >= 0.6 is 0 Å². The molecule has 0 heterocycles. The Hall–Kier alpha value is -3.87. The van der Waals surface area contributed by atoms with E-state index >= 15 is 0 Å². The number of nitrogens with one attached hydrogen (secondary N) is 2. The summed E-state index contributed by atoms with van der Waals surface area (Å²) < 4.78 is 5.30. The van der Waals surface area contributed by atoms with Crippen LogP contribution in [0.15, 0.2) is 72.8 Å². The summed E-state index contributed by atoms with van der Waals surface area (Å²) in [4.78, 5) is 37.4. The van der Waals surface area contributed by atoms with Gasteiger partial charge in [0.2, 0.25) is 5.91 Å². The highest BCUT2D eigenvalue weighted by Gasteiger charge is 2.28. The van der Waals surface area contributed by atoms with Gasteiger partial charge in [0.15, 0.2) is 0 Å². The minimum Gasteiger partial charge on any atom is -0.480 e. The van der Waals surface area contributed by atoms with E-state index in [4.69, 9.17) is 4.74 Å². The number of ether oxygens (including phenoxy) is 1. The molecule has 0 bridgehead atoms. The fourth-order valence-electron chi connectivity index (χ4n) is 3.77. The van der Waals surface area contributed by atoms with Gasteiger partial charge in [-0.25, -0.2) is 9.59 Å². The number of benzene rings is 3. The highest BCUT2D eigenvalue weighted by Crippen LogP contribution is 2.20. The number of hydrogen-bond donors (Lipinski definition) is 3. The molecule has 0 unspecified atom stereocenters. The smallest absolute Gasteiger partial charge is 0.408 e. The Morgan fingerprint density at radius 2 is 1.53 bits per heavy atom. The van der Waals surface area contributed by atoms with Crippen LogP contribution in [0.4, 0.5) is 4.79 Å². The monoisotopic (exact) mass is 462 g/mol. The molecule has 3 aromatic rings. The molecule has 2 amide bonds. The van der Waals surface area contributed by atoms with Crippen molar-refractivity contribution in [3.05, 3.63) is 83.9 Å². The highest BCUT2D eigenvalue weighted by atomic mass is 16.5. The predicted molar refractivity (Wildman–Crippen MR) is 130 cm³/mol. The molecule has 2 atom stereocenters. The summed E-state index contributed by atoms with van der Waals surface area (Å²) in [7, 11) is 0. The topological polar surface area (TPSA) is 105 Å². The second-order valence-corrected chi connectivity index (χ2v) is 8.63. The van der Waals surface area contributed by atoms with Crippen molar-refractivity contribution in [3.63, 3.8) is 0 Å². The van der Waals surface area contributed by atoms with Gasteiger partial charge in [-0.3, -0.25) is 4.79 Å². The van der Waals surface area contributed by atoms with Gasteiger partial charge in [0, 0.05) is 6.42 Å². The largest absolute Gasteiger partial charge is 0.480 e. The minimum absolute atomic E-state index is 0.0559. The van der Waals surface area contributed by atoms with E-state index in [9.17, 15) is 19.5 Å². The van der Waals surface area contributed by atoms with Gasteiger partial charge in [0.1, 0.15) is 18.7 Å². The number of rotatable bonds is 10. The number of aliphatic carboxylic acids is 1. The highest BCUT2D eigenvalue weighted by molar-refractivity contribution is 5.91. The summed E-state index contributed by atoms with van der Waals surface area (Å²) in [6.07, 6.45) is -0.290. The zero-order valence-corrected chi connectivity index (χ0v) is 19.4. The maximum absolute atomic E-state index is 13.1. The van der Waals surface area contributed by atoms with Gasteiger partial charge in [-0.2, -0.15) is 0 Å². The third-order valence-corrected chi connectivity index (χ3v) is 5.45. The lowest BCUT2D eigenvalue weighted by atomic mass is 9.97. The molecule has 0 saturated heterocycles. The van der Waals surface area contributed by atoms with E-state index < -0.39 is 30.1 Å². The lowest BCUT2D eigenvalue weighted by molar-refractivity contribution is -0.142. The van der Waals surface area contributed by atoms with E-state index in [1.54, 1.807) is 0 Å². The van der Waals surface area contributed by atoms with Crippen molar-refractivity contribution in [2.24, 2.45) is 5.92 Å². The molecule has 0 aromatic heterocycles. The van der Waals surface area contributed by atoms with E-state index in [-0.39, 0.29) is 25.4 Å². The zero-order valence-electron chi connectivity index (χ0n) is 19.4. The quantitative estimate of drug-likeness (QED) is 0.417. The van der Waals surface area contributed by atoms with Gasteiger partial charge in [-0.1, -0.05) is 86.6 Å². The van der Waals surface area contributed by atoms with E-state index in [1.807, 2.05) is 86.6 Å². The van der Waals surface area contributed by atoms with Crippen molar-refractivity contribution in [1.82, 2.24) is 10.6 Å². The molecule has 0 aliphatic heterocycles. The van der Waals surface area contributed by atoms with Gasteiger partial charge in [0.05, 0.1) is 0 Å². The van der Waals surface area contributed by atoms with Crippen LogP contribution in [0.25, 0.3) is 10.8 Å². The first-order valence-corrected chi connectivity index (χ1v) is 11.3. The summed E-state index contributed by atoms with van der Waals surface area (Å²) in [5.41, 5.74) is 1.67. The number of hydrogen-bond acceptors (Lipinski definition) is 4. The maximum Gasteiger partial charge on any atom is 0.408 e. The molecular formula is C27H30N2O5. The van der Waals surface area contributed by atoms with E-state index in [2.05, 4.69) is 10.6 Å². The Labute approximate surface area is 199 Å². The fraction of sp³-hybridized carbons (Fsp3) is 0.296. The lowest BCUT2D eigenvalue weighted by Crippen LogP contribution is -2.52. The van der Waals surface area contributed by atoms with Gasteiger partial charge in [-0.15, -0.1) is 0 Å². The standard InChI is InChI=1S/C27H30N2O5/c1-18(2)15-24(26(31)32)28-25(30)23(29-27(33)34-17-19-9-4-3-5-10-19)16-21-13-8-12-20-11-6-7-14-22(20)21/h3-14,18,23-24H,15-17H2,1-2H3,(H,28,30)(H,29,33)(H,31,32)/t23-,24-/m0/s1. The molecule has 0 aliphatic rings. The molecule has 34 heavy (non-hydrogen) atoms. The van der Waals surface area contributed by atoms with Gasteiger partial charge in [-0.05, 0) is 34.2 Å². The summed E-state index contributed by atoms with van der Waals surface area (Å²) in [6, 6.07) is 20.7. The van der Waals surface area contributed by atoms with Crippen LogP contribution in [0.1, 0.15) is 31.4 Å². The van der Waals surface area contributed by atoms with Crippen molar-refractivity contribution in [2.45, 2.75) is 45.4 Å². The summed E-state index contributed by atoms with van der Waals surface area (Å²) in [6.45, 7) is 3.82. The van der Waals surface area contributed by atoms with Gasteiger partial charge >= 0.3 is 12.1 Å². The third kappa shape index (κ3) is 7.07. The van der Waals surface area contributed by atoms with Crippen molar-refractivity contribution in [2.75, 3.05) is 0 Å². The van der Waals surface area contributed by atoms with Crippen LogP contribution in [0.2, 0.25) is 0 Å². The SMILES string of the molecule is CC(C)C[C@H](NC(=O)[C@H](Cc1cccc2ccccc12)NC(=O)OCc1ccccc1)C(=O)O. The lowest BCUT2D eigenvalue weighted by Gasteiger charge is -2.23. The van der Waals surface area contributed by atoms with Crippen LogP contribution in [-0.4, -0.2) is 35.2 Å². The van der Waals surface area contributed by atoms with Crippen LogP contribution in [-0.2, 0) is 27.4 Å². The Morgan fingerprint density at radius 3 is 2.24 bits per heavy atom. The molecule has 3 rings (SSSR count). The molecule has 0 fully saturated rings. The summed E-state index contributed by atoms with van der Waals surface area (Å²) in [5.74, 6) is -1.61. The van der Waals surface area contributed by atoms with E-state index in [1.165, 1.54) is 0 Å². The molecule has 0 saturated carbocycles. The molecule has 3 N–H and O–H groups in total. The second kappa shape index (κ2) is 11.8. The third-order valence-electron chi connectivity index (χ3n) is 5.45. The van der Waals surface area contributed by atoms with Gasteiger partial charge < -0.3 is 20.5 Å². The van der Waals surface area contributed by atoms with Crippen molar-refractivity contribution in [1.29, 1.82) is 0 Å². The number of carboxylic acid groups (broad SMARTS) is 1. The fourth-order valence-corrected chi connectivity index (χ4v) is 3.77. The van der Waals surface area contributed by atoms with E-state index in [0.717, 1.165) is 21.9 Å². The molecular weight excluding hydrogens is 432 g/mol. The average Bonchev–Trinajstić information content (AvgIpc) is 2.82. The van der Waals surface area contributed by atoms with Crippen LogP contribution in [0, 0.1) is 5.92 Å². The molecule has 7 heteroatoms. The normalized spacial score (nSPS) is 12.7. The molecule has 178 valence electrons. The first-order chi connectivity index (χ1) is 16.3. The molecule has 0 aliphatic carbocycles. The number of carbonyl (C=O) groups excluding carboxylic acids is 2. The van der Waals surface area contributed by atoms with E-state index in [0.29, 0.717) is 0 Å².